The van der Waals surface area contributed by atoms with Crippen molar-refractivity contribution in [2.24, 2.45) is 0 Å². The van der Waals surface area contributed by atoms with E-state index in [0.29, 0.717) is 17.1 Å². The molecule has 0 aliphatic carbocycles. The standard InChI is InChI=1S/C21H16O3/c1-23-19-10-17-15(12-22)9-14-8-7-13-5-3-4-6-16(13)21(14)18(17)11-20(19)24-2/h3-12H,1-2H3. The predicted octanol–water partition coefficient (Wildman–Crippen LogP) is 4.98. The Kier molecular flexibility index (Phi) is 3.35. The molecule has 24 heavy (non-hydrogen) atoms. The second kappa shape index (κ2) is 5.53. The molecule has 0 amide bonds. The number of benzene rings is 4. The number of aldehydes is 1. The maximum Gasteiger partial charge on any atom is 0.161 e. The van der Waals surface area contributed by atoms with Gasteiger partial charge in [-0.3, -0.25) is 4.79 Å². The van der Waals surface area contributed by atoms with Crippen molar-refractivity contribution in [3.63, 3.8) is 0 Å². The Balaban J connectivity index is 2.29. The number of hydrogen-bond donors (Lipinski definition) is 0. The Hall–Kier alpha value is -3.07. The summed E-state index contributed by atoms with van der Waals surface area (Å²) in [5.41, 5.74) is 0.647. The number of rotatable bonds is 3. The smallest absolute Gasteiger partial charge is 0.161 e. The van der Waals surface area contributed by atoms with Gasteiger partial charge in [0, 0.05) is 5.56 Å². The van der Waals surface area contributed by atoms with Crippen LogP contribution in [-0.2, 0) is 0 Å². The highest BCUT2D eigenvalue weighted by molar-refractivity contribution is 6.23. The van der Waals surface area contributed by atoms with Crippen molar-refractivity contribution < 1.29 is 14.3 Å². The van der Waals surface area contributed by atoms with Crippen molar-refractivity contribution in [1.29, 1.82) is 0 Å². The fourth-order valence-electron chi connectivity index (χ4n) is 3.38. The number of methoxy groups -OCH3 is 2. The molecular formula is C21H16O3. The van der Waals surface area contributed by atoms with Gasteiger partial charge in [0.2, 0.25) is 0 Å². The van der Waals surface area contributed by atoms with E-state index in [0.717, 1.165) is 33.2 Å². The third-order valence-electron chi connectivity index (χ3n) is 4.50. The lowest BCUT2D eigenvalue weighted by atomic mass is 9.93. The second-order valence-electron chi connectivity index (χ2n) is 5.72. The molecule has 0 aliphatic heterocycles. The second-order valence-corrected chi connectivity index (χ2v) is 5.72. The van der Waals surface area contributed by atoms with Crippen LogP contribution in [0.1, 0.15) is 10.4 Å². The zero-order valence-corrected chi connectivity index (χ0v) is 13.5. The minimum absolute atomic E-state index is 0.618. The van der Waals surface area contributed by atoms with Crippen LogP contribution in [0.25, 0.3) is 32.3 Å². The van der Waals surface area contributed by atoms with Crippen molar-refractivity contribution in [3.8, 4) is 11.5 Å². The highest BCUT2D eigenvalue weighted by atomic mass is 16.5. The zero-order valence-electron chi connectivity index (χ0n) is 13.5. The van der Waals surface area contributed by atoms with E-state index < -0.39 is 0 Å². The average molecular weight is 316 g/mol. The first-order valence-corrected chi connectivity index (χ1v) is 7.72. The number of carbonyl (C=O) groups is 1. The Labute approximate surface area is 139 Å². The van der Waals surface area contributed by atoms with Gasteiger partial charge in [0.05, 0.1) is 14.2 Å². The van der Waals surface area contributed by atoms with Gasteiger partial charge >= 0.3 is 0 Å². The summed E-state index contributed by atoms with van der Waals surface area (Å²) >= 11 is 0. The Morgan fingerprint density at radius 1 is 0.750 bits per heavy atom. The molecule has 0 saturated heterocycles. The molecular weight excluding hydrogens is 300 g/mol. The van der Waals surface area contributed by atoms with E-state index in [9.17, 15) is 4.79 Å². The topological polar surface area (TPSA) is 35.5 Å². The van der Waals surface area contributed by atoms with E-state index in [-0.39, 0.29) is 0 Å². The Morgan fingerprint density at radius 2 is 1.42 bits per heavy atom. The lowest BCUT2D eigenvalue weighted by molar-refractivity contribution is 0.112. The molecule has 4 aromatic carbocycles. The van der Waals surface area contributed by atoms with Crippen molar-refractivity contribution in [2.45, 2.75) is 0 Å². The minimum Gasteiger partial charge on any atom is -0.493 e. The summed E-state index contributed by atoms with van der Waals surface area (Å²) in [6.45, 7) is 0. The molecule has 0 fully saturated rings. The fourth-order valence-corrected chi connectivity index (χ4v) is 3.38. The van der Waals surface area contributed by atoms with E-state index in [4.69, 9.17) is 9.47 Å². The third kappa shape index (κ3) is 2.02. The van der Waals surface area contributed by atoms with Crippen molar-refractivity contribution >= 4 is 38.6 Å². The molecule has 118 valence electrons. The van der Waals surface area contributed by atoms with Crippen molar-refractivity contribution in [2.75, 3.05) is 14.2 Å². The molecule has 0 spiro atoms. The van der Waals surface area contributed by atoms with E-state index in [1.807, 2.05) is 30.3 Å². The van der Waals surface area contributed by atoms with Crippen LogP contribution in [0.4, 0.5) is 0 Å². The molecule has 4 rings (SSSR count). The van der Waals surface area contributed by atoms with Crippen LogP contribution in [0, 0.1) is 0 Å². The van der Waals surface area contributed by atoms with Gasteiger partial charge in [-0.1, -0.05) is 36.4 Å². The number of hydrogen-bond acceptors (Lipinski definition) is 3. The highest BCUT2D eigenvalue weighted by Crippen LogP contribution is 2.39. The zero-order chi connectivity index (χ0) is 16.7. The van der Waals surface area contributed by atoms with E-state index in [1.54, 1.807) is 14.2 Å². The van der Waals surface area contributed by atoms with E-state index in [1.165, 1.54) is 5.39 Å². The fraction of sp³-hybridized carbons (Fsp3) is 0.0952. The van der Waals surface area contributed by atoms with Gasteiger partial charge < -0.3 is 9.47 Å². The summed E-state index contributed by atoms with van der Waals surface area (Å²) in [5, 5.41) is 6.34. The SMILES string of the molecule is COc1cc2c(C=O)cc3ccc4ccccc4c3c2cc1OC. The van der Waals surface area contributed by atoms with Crippen LogP contribution < -0.4 is 9.47 Å². The van der Waals surface area contributed by atoms with Crippen LogP contribution in [-0.4, -0.2) is 20.5 Å². The van der Waals surface area contributed by atoms with Gasteiger partial charge in [-0.15, -0.1) is 0 Å². The predicted molar refractivity (Wildman–Crippen MR) is 97.5 cm³/mol. The summed E-state index contributed by atoms with van der Waals surface area (Å²) < 4.78 is 10.9. The van der Waals surface area contributed by atoms with Crippen LogP contribution >= 0.6 is 0 Å². The first-order valence-electron chi connectivity index (χ1n) is 7.72. The number of ether oxygens (including phenoxy) is 2. The van der Waals surface area contributed by atoms with Crippen molar-refractivity contribution in [3.05, 3.63) is 60.2 Å². The highest BCUT2D eigenvalue weighted by Gasteiger charge is 2.13. The Morgan fingerprint density at radius 3 is 2.12 bits per heavy atom. The van der Waals surface area contributed by atoms with Gasteiger partial charge in [0.25, 0.3) is 0 Å². The minimum atomic E-state index is 0.618. The summed E-state index contributed by atoms with van der Waals surface area (Å²) in [4.78, 5) is 11.6. The maximum absolute atomic E-state index is 11.6. The molecule has 0 radical (unpaired) electrons. The summed E-state index contributed by atoms with van der Waals surface area (Å²) in [7, 11) is 3.22. The molecule has 0 aromatic heterocycles. The largest absolute Gasteiger partial charge is 0.493 e. The quantitative estimate of drug-likeness (QED) is 0.395. The number of carbonyl (C=O) groups excluding carboxylic acids is 1. The van der Waals surface area contributed by atoms with E-state index in [2.05, 4.69) is 24.3 Å². The first kappa shape index (κ1) is 14.5. The van der Waals surface area contributed by atoms with E-state index >= 15 is 0 Å². The third-order valence-corrected chi connectivity index (χ3v) is 4.50. The summed E-state index contributed by atoms with van der Waals surface area (Å²) in [6.07, 6.45) is 0.892. The molecule has 0 aliphatic rings. The molecule has 0 heterocycles. The normalized spacial score (nSPS) is 11.1. The molecule has 0 saturated carbocycles. The first-order chi connectivity index (χ1) is 11.8. The van der Waals surface area contributed by atoms with Crippen LogP contribution in [0.3, 0.4) is 0 Å². The molecule has 4 aromatic rings. The molecule has 0 N–H and O–H groups in total. The lowest BCUT2D eigenvalue weighted by Gasteiger charge is -2.14. The Bertz CT molecular complexity index is 1100. The van der Waals surface area contributed by atoms with Crippen LogP contribution in [0.2, 0.25) is 0 Å². The molecule has 0 unspecified atom stereocenters. The van der Waals surface area contributed by atoms with Crippen LogP contribution in [0.15, 0.2) is 54.6 Å². The van der Waals surface area contributed by atoms with Gasteiger partial charge in [0.15, 0.2) is 17.8 Å². The molecule has 3 nitrogen and oxygen atoms in total. The average Bonchev–Trinajstić information content (AvgIpc) is 2.65. The van der Waals surface area contributed by atoms with Crippen molar-refractivity contribution in [1.82, 2.24) is 0 Å². The van der Waals surface area contributed by atoms with Gasteiger partial charge in [-0.05, 0) is 50.5 Å². The lowest BCUT2D eigenvalue weighted by Crippen LogP contribution is -1.93. The molecule has 0 bridgehead atoms. The number of fused-ring (bicyclic) bond motifs is 5. The van der Waals surface area contributed by atoms with Gasteiger partial charge in [0.1, 0.15) is 0 Å². The maximum atomic E-state index is 11.6. The van der Waals surface area contributed by atoms with Crippen LogP contribution in [0.5, 0.6) is 11.5 Å². The van der Waals surface area contributed by atoms with Gasteiger partial charge in [-0.25, -0.2) is 0 Å². The monoisotopic (exact) mass is 316 g/mol. The summed E-state index contributed by atoms with van der Waals surface area (Å²) in [5.74, 6) is 1.27. The summed E-state index contributed by atoms with van der Waals surface area (Å²) in [6, 6.07) is 18.2. The molecule has 0 atom stereocenters. The van der Waals surface area contributed by atoms with Gasteiger partial charge in [-0.2, -0.15) is 0 Å². The molecule has 3 heteroatoms.